The molecule has 21 heavy (non-hydrogen) atoms. The van der Waals surface area contributed by atoms with E-state index in [0.29, 0.717) is 12.6 Å². The van der Waals surface area contributed by atoms with Crippen molar-refractivity contribution in [3.63, 3.8) is 0 Å². The molecule has 1 aromatic rings. The van der Waals surface area contributed by atoms with Crippen molar-refractivity contribution >= 4 is 29.9 Å². The highest BCUT2D eigenvalue weighted by atomic mass is 127. The predicted octanol–water partition coefficient (Wildman–Crippen LogP) is 2.79. The second kappa shape index (κ2) is 10.5. The van der Waals surface area contributed by atoms with Crippen LogP contribution in [0, 0.1) is 0 Å². The third-order valence-electron chi connectivity index (χ3n) is 3.16. The lowest BCUT2D eigenvalue weighted by Crippen LogP contribution is -2.41. The number of hydrogen-bond acceptors (Lipinski definition) is 3. The quantitative estimate of drug-likeness (QED) is 0.433. The van der Waals surface area contributed by atoms with Gasteiger partial charge in [0.2, 0.25) is 0 Å². The zero-order chi connectivity index (χ0) is 15.0. The maximum Gasteiger partial charge on any atom is 0.191 e. The molecular formula is C15H26IN3O2. The standard InChI is InChI=1S/C15H25N3O2.HI/c1-6-11(2)18-15(16-3)17-10-12-7-8-13(19-4)9-14(12)20-5;/h7-9,11H,6,10H2,1-5H3,(H2,16,17,18);1H. The van der Waals surface area contributed by atoms with E-state index in [0.717, 1.165) is 29.4 Å². The average Bonchev–Trinajstić information content (AvgIpc) is 2.50. The minimum atomic E-state index is 0. The minimum Gasteiger partial charge on any atom is -0.497 e. The molecule has 0 aliphatic carbocycles. The van der Waals surface area contributed by atoms with E-state index < -0.39 is 0 Å². The summed E-state index contributed by atoms with van der Waals surface area (Å²) < 4.78 is 10.6. The first-order valence-electron chi connectivity index (χ1n) is 6.82. The molecule has 6 heteroatoms. The summed E-state index contributed by atoms with van der Waals surface area (Å²) in [5.41, 5.74) is 1.06. The Kier molecular flexibility index (Phi) is 9.94. The minimum absolute atomic E-state index is 0. The number of nitrogens with zero attached hydrogens (tertiary/aromatic N) is 1. The van der Waals surface area contributed by atoms with E-state index in [1.54, 1.807) is 21.3 Å². The molecule has 0 aliphatic heterocycles. The molecule has 1 unspecified atom stereocenters. The van der Waals surface area contributed by atoms with Crippen LogP contribution in [0.25, 0.3) is 0 Å². The van der Waals surface area contributed by atoms with Crippen LogP contribution in [-0.2, 0) is 6.54 Å². The van der Waals surface area contributed by atoms with Gasteiger partial charge < -0.3 is 20.1 Å². The van der Waals surface area contributed by atoms with E-state index in [4.69, 9.17) is 9.47 Å². The summed E-state index contributed by atoms with van der Waals surface area (Å²) in [6, 6.07) is 6.17. The third-order valence-corrected chi connectivity index (χ3v) is 3.16. The fourth-order valence-electron chi connectivity index (χ4n) is 1.71. The van der Waals surface area contributed by atoms with Crippen molar-refractivity contribution in [1.29, 1.82) is 0 Å². The molecule has 1 aromatic carbocycles. The van der Waals surface area contributed by atoms with Gasteiger partial charge in [0.05, 0.1) is 14.2 Å². The van der Waals surface area contributed by atoms with Gasteiger partial charge in [0.1, 0.15) is 11.5 Å². The molecule has 0 fully saturated rings. The lowest BCUT2D eigenvalue weighted by atomic mass is 10.2. The highest BCUT2D eigenvalue weighted by Crippen LogP contribution is 2.24. The van der Waals surface area contributed by atoms with E-state index in [-0.39, 0.29) is 24.0 Å². The first-order chi connectivity index (χ1) is 9.64. The van der Waals surface area contributed by atoms with Crippen LogP contribution in [0.5, 0.6) is 11.5 Å². The molecule has 0 saturated carbocycles. The molecule has 5 nitrogen and oxygen atoms in total. The molecule has 0 amide bonds. The smallest absolute Gasteiger partial charge is 0.191 e. The zero-order valence-electron chi connectivity index (χ0n) is 13.4. The summed E-state index contributed by atoms with van der Waals surface area (Å²) in [4.78, 5) is 4.21. The molecule has 0 aliphatic rings. The number of nitrogens with one attached hydrogen (secondary N) is 2. The fourth-order valence-corrected chi connectivity index (χ4v) is 1.71. The lowest BCUT2D eigenvalue weighted by Gasteiger charge is -2.17. The summed E-state index contributed by atoms with van der Waals surface area (Å²) in [5, 5.41) is 6.60. The molecule has 0 heterocycles. The Morgan fingerprint density at radius 2 is 2.00 bits per heavy atom. The van der Waals surface area contributed by atoms with E-state index in [2.05, 4.69) is 29.5 Å². The number of halogens is 1. The first-order valence-corrected chi connectivity index (χ1v) is 6.82. The van der Waals surface area contributed by atoms with E-state index in [1.165, 1.54) is 0 Å². The number of ether oxygens (including phenoxy) is 2. The van der Waals surface area contributed by atoms with Crippen molar-refractivity contribution in [3.05, 3.63) is 23.8 Å². The Hall–Kier alpha value is -1.18. The largest absolute Gasteiger partial charge is 0.497 e. The van der Waals surface area contributed by atoms with Gasteiger partial charge in [-0.15, -0.1) is 24.0 Å². The normalized spacial score (nSPS) is 12.1. The third kappa shape index (κ3) is 6.41. The van der Waals surface area contributed by atoms with Crippen molar-refractivity contribution in [2.45, 2.75) is 32.9 Å². The first kappa shape index (κ1) is 19.8. The second-order valence-electron chi connectivity index (χ2n) is 4.56. The van der Waals surface area contributed by atoms with Crippen molar-refractivity contribution in [3.8, 4) is 11.5 Å². The van der Waals surface area contributed by atoms with Crippen molar-refractivity contribution in [1.82, 2.24) is 10.6 Å². The Morgan fingerprint density at radius 3 is 2.52 bits per heavy atom. The molecular weight excluding hydrogens is 381 g/mol. The van der Waals surface area contributed by atoms with Gasteiger partial charge in [0.25, 0.3) is 0 Å². The maximum atomic E-state index is 5.38. The summed E-state index contributed by atoms with van der Waals surface area (Å²) in [5.74, 6) is 2.38. The van der Waals surface area contributed by atoms with Crippen LogP contribution in [0.4, 0.5) is 0 Å². The van der Waals surface area contributed by atoms with Crippen LogP contribution < -0.4 is 20.1 Å². The second-order valence-corrected chi connectivity index (χ2v) is 4.56. The van der Waals surface area contributed by atoms with Crippen LogP contribution >= 0.6 is 24.0 Å². The molecule has 0 aromatic heterocycles. The fraction of sp³-hybridized carbons (Fsp3) is 0.533. The summed E-state index contributed by atoms with van der Waals surface area (Å²) >= 11 is 0. The van der Waals surface area contributed by atoms with Crippen molar-refractivity contribution in [2.75, 3.05) is 21.3 Å². The number of hydrogen-bond donors (Lipinski definition) is 2. The molecule has 0 bridgehead atoms. The van der Waals surface area contributed by atoms with Gasteiger partial charge in [-0.3, -0.25) is 4.99 Å². The van der Waals surface area contributed by atoms with Crippen molar-refractivity contribution in [2.24, 2.45) is 4.99 Å². The number of rotatable bonds is 6. The number of methoxy groups -OCH3 is 2. The van der Waals surface area contributed by atoms with Gasteiger partial charge in [-0.25, -0.2) is 0 Å². The summed E-state index contributed by atoms with van der Waals surface area (Å²) in [7, 11) is 5.07. The number of aliphatic imine (C=N–C) groups is 1. The Labute approximate surface area is 144 Å². The average molecular weight is 407 g/mol. The van der Waals surface area contributed by atoms with Crippen LogP contribution in [0.15, 0.2) is 23.2 Å². The van der Waals surface area contributed by atoms with Crippen LogP contribution in [0.2, 0.25) is 0 Å². The number of benzene rings is 1. The van der Waals surface area contributed by atoms with Gasteiger partial charge in [0, 0.05) is 31.3 Å². The van der Waals surface area contributed by atoms with Crippen LogP contribution in [0.3, 0.4) is 0 Å². The Morgan fingerprint density at radius 1 is 1.29 bits per heavy atom. The van der Waals surface area contributed by atoms with Gasteiger partial charge >= 0.3 is 0 Å². The van der Waals surface area contributed by atoms with Gasteiger partial charge in [-0.1, -0.05) is 6.92 Å². The van der Waals surface area contributed by atoms with Gasteiger partial charge in [-0.05, 0) is 25.5 Å². The van der Waals surface area contributed by atoms with E-state index >= 15 is 0 Å². The molecule has 0 saturated heterocycles. The summed E-state index contributed by atoms with van der Waals surface area (Å²) in [6.07, 6.45) is 1.05. The SMILES string of the molecule is CCC(C)NC(=NC)NCc1ccc(OC)cc1OC.I. The molecule has 1 atom stereocenters. The van der Waals surface area contributed by atoms with Crippen LogP contribution in [0.1, 0.15) is 25.8 Å². The highest BCUT2D eigenvalue weighted by molar-refractivity contribution is 14.0. The van der Waals surface area contributed by atoms with Crippen LogP contribution in [-0.4, -0.2) is 33.3 Å². The lowest BCUT2D eigenvalue weighted by molar-refractivity contribution is 0.390. The zero-order valence-corrected chi connectivity index (χ0v) is 15.7. The van der Waals surface area contributed by atoms with Gasteiger partial charge in [-0.2, -0.15) is 0 Å². The molecule has 1 rings (SSSR count). The highest BCUT2D eigenvalue weighted by Gasteiger charge is 2.07. The molecule has 0 radical (unpaired) electrons. The molecule has 120 valence electrons. The van der Waals surface area contributed by atoms with Gasteiger partial charge in [0.15, 0.2) is 5.96 Å². The monoisotopic (exact) mass is 407 g/mol. The molecule has 0 spiro atoms. The Balaban J connectivity index is 0.00000400. The maximum absolute atomic E-state index is 5.38. The van der Waals surface area contributed by atoms with E-state index in [9.17, 15) is 0 Å². The molecule has 2 N–H and O–H groups in total. The predicted molar refractivity (Wildman–Crippen MR) is 98.0 cm³/mol. The van der Waals surface area contributed by atoms with Crippen molar-refractivity contribution < 1.29 is 9.47 Å². The topological polar surface area (TPSA) is 54.9 Å². The number of guanidine groups is 1. The Bertz CT molecular complexity index is 453. The summed E-state index contributed by atoms with van der Waals surface area (Å²) in [6.45, 7) is 4.90. The van der Waals surface area contributed by atoms with E-state index in [1.807, 2.05) is 18.2 Å².